The van der Waals surface area contributed by atoms with Gasteiger partial charge >= 0.3 is 6.18 Å². The first kappa shape index (κ1) is 12.2. The van der Waals surface area contributed by atoms with Crippen LogP contribution in [0.3, 0.4) is 0 Å². The van der Waals surface area contributed by atoms with Gasteiger partial charge in [0, 0.05) is 6.54 Å². The second-order valence-electron chi connectivity index (χ2n) is 2.69. The molecule has 1 N–H and O–H groups in total. The molecule has 15 heavy (non-hydrogen) atoms. The topological polar surface area (TPSA) is 55.6 Å². The van der Waals surface area contributed by atoms with Crippen LogP contribution in [0.4, 0.5) is 13.2 Å². The van der Waals surface area contributed by atoms with Crippen molar-refractivity contribution < 1.29 is 13.2 Å². The van der Waals surface area contributed by atoms with Crippen molar-refractivity contribution in [2.24, 2.45) is 0 Å². The quantitative estimate of drug-likeness (QED) is 0.763. The van der Waals surface area contributed by atoms with Crippen molar-refractivity contribution in [1.82, 2.24) is 25.5 Å². The lowest BCUT2D eigenvalue weighted by Crippen LogP contribution is -2.17. The van der Waals surface area contributed by atoms with Crippen LogP contribution >= 0.6 is 11.8 Å². The molecule has 1 heterocycles. The molecule has 9 heteroatoms. The van der Waals surface area contributed by atoms with Crippen LogP contribution in [0.25, 0.3) is 0 Å². The Bertz CT molecular complexity index is 299. The summed E-state index contributed by atoms with van der Waals surface area (Å²) >= 11 is 0.585. The molecule has 0 aliphatic heterocycles. The molecule has 0 atom stereocenters. The highest BCUT2D eigenvalue weighted by molar-refractivity contribution is 7.99. The minimum absolute atomic E-state index is 0.183. The first-order valence-electron chi connectivity index (χ1n) is 4.13. The number of rotatable bonds is 5. The van der Waals surface area contributed by atoms with Crippen molar-refractivity contribution in [3.05, 3.63) is 0 Å². The predicted octanol–water partition coefficient (Wildman–Crippen LogP) is 0.547. The van der Waals surface area contributed by atoms with E-state index >= 15 is 0 Å². The highest BCUT2D eigenvalue weighted by Gasteiger charge is 2.28. The summed E-state index contributed by atoms with van der Waals surface area (Å²) in [6.07, 6.45) is -4.20. The largest absolute Gasteiger partial charge is 0.398 e. The number of likely N-dealkylation sites (N-methyl/N-ethyl adjacent to an activating group) is 1. The number of nitrogens with one attached hydrogen (secondary N) is 1. The average Bonchev–Trinajstić information content (AvgIpc) is 2.57. The maximum Gasteiger partial charge on any atom is 0.398 e. The Morgan fingerprint density at radius 1 is 1.47 bits per heavy atom. The van der Waals surface area contributed by atoms with Crippen LogP contribution in [0.1, 0.15) is 0 Å². The van der Waals surface area contributed by atoms with Gasteiger partial charge in [0.2, 0.25) is 5.16 Å². The summed E-state index contributed by atoms with van der Waals surface area (Å²) in [5, 5.41) is 13.5. The molecule has 0 bridgehead atoms. The lowest BCUT2D eigenvalue weighted by atomic mass is 10.6. The van der Waals surface area contributed by atoms with Gasteiger partial charge in [0.15, 0.2) is 0 Å². The summed E-state index contributed by atoms with van der Waals surface area (Å²) in [6, 6.07) is 0. The van der Waals surface area contributed by atoms with Gasteiger partial charge < -0.3 is 5.32 Å². The van der Waals surface area contributed by atoms with Crippen molar-refractivity contribution in [3.63, 3.8) is 0 Å². The van der Waals surface area contributed by atoms with E-state index in [-0.39, 0.29) is 5.16 Å². The number of tetrazole rings is 1. The van der Waals surface area contributed by atoms with Gasteiger partial charge in [0.1, 0.15) is 0 Å². The molecular formula is C6H10F3N5S. The molecule has 5 nitrogen and oxygen atoms in total. The van der Waals surface area contributed by atoms with Crippen LogP contribution in [-0.4, -0.2) is 45.7 Å². The van der Waals surface area contributed by atoms with Gasteiger partial charge in [-0.2, -0.15) is 13.2 Å². The van der Waals surface area contributed by atoms with Gasteiger partial charge in [-0.05, 0) is 17.5 Å². The maximum atomic E-state index is 11.9. The molecule has 0 amide bonds. The Labute approximate surface area is 88.4 Å². The van der Waals surface area contributed by atoms with Gasteiger partial charge in [-0.15, -0.1) is 5.10 Å². The lowest BCUT2D eigenvalue weighted by Gasteiger charge is -2.05. The van der Waals surface area contributed by atoms with Gasteiger partial charge in [-0.25, -0.2) is 4.68 Å². The average molecular weight is 241 g/mol. The summed E-state index contributed by atoms with van der Waals surface area (Å²) in [7, 11) is 1.74. The number of hydrogen-bond acceptors (Lipinski definition) is 5. The van der Waals surface area contributed by atoms with Gasteiger partial charge in [-0.3, -0.25) is 0 Å². The molecule has 0 radical (unpaired) electrons. The van der Waals surface area contributed by atoms with Crippen molar-refractivity contribution in [3.8, 4) is 0 Å². The van der Waals surface area contributed by atoms with E-state index < -0.39 is 11.9 Å². The molecule has 0 unspecified atom stereocenters. The molecule has 0 aromatic carbocycles. The van der Waals surface area contributed by atoms with Crippen LogP contribution < -0.4 is 5.32 Å². The van der Waals surface area contributed by atoms with E-state index in [9.17, 15) is 13.2 Å². The fourth-order valence-corrected chi connectivity index (χ4v) is 1.47. The van der Waals surface area contributed by atoms with Crippen LogP contribution in [0.5, 0.6) is 0 Å². The van der Waals surface area contributed by atoms with Crippen molar-refractivity contribution >= 4 is 11.8 Å². The summed E-state index contributed by atoms with van der Waals surface area (Å²) in [5.74, 6) is -0.979. The van der Waals surface area contributed by atoms with Crippen molar-refractivity contribution in [2.45, 2.75) is 17.9 Å². The molecule has 0 saturated carbocycles. The first-order valence-corrected chi connectivity index (χ1v) is 5.12. The molecule has 1 rings (SSSR count). The molecule has 0 aliphatic rings. The fourth-order valence-electron chi connectivity index (χ4n) is 0.804. The molecular weight excluding hydrogens is 231 g/mol. The number of thioether (sulfide) groups is 1. The Morgan fingerprint density at radius 3 is 2.80 bits per heavy atom. The number of halogens is 3. The molecule has 0 spiro atoms. The summed E-state index contributed by atoms with van der Waals surface area (Å²) in [4.78, 5) is 0. The number of alkyl halides is 3. The standard InChI is InChI=1S/C6H10F3N5S/c1-10-2-3-14-5(11-12-13-14)15-4-6(7,8)9/h10H,2-4H2,1H3. The van der Waals surface area contributed by atoms with E-state index in [1.165, 1.54) is 4.68 Å². The van der Waals surface area contributed by atoms with Gasteiger partial charge in [0.25, 0.3) is 0 Å². The van der Waals surface area contributed by atoms with E-state index in [0.29, 0.717) is 24.9 Å². The number of aromatic nitrogens is 4. The Hall–Kier alpha value is -0.830. The first-order chi connectivity index (χ1) is 7.03. The number of hydrogen-bond donors (Lipinski definition) is 1. The Balaban J connectivity index is 2.50. The minimum Gasteiger partial charge on any atom is -0.318 e. The monoisotopic (exact) mass is 241 g/mol. The summed E-state index contributed by atoms with van der Waals surface area (Å²) in [5.41, 5.74) is 0. The third kappa shape index (κ3) is 4.47. The van der Waals surface area contributed by atoms with Crippen LogP contribution in [-0.2, 0) is 6.54 Å². The molecule has 1 aromatic rings. The minimum atomic E-state index is -4.20. The van der Waals surface area contributed by atoms with E-state index in [1.54, 1.807) is 7.05 Å². The lowest BCUT2D eigenvalue weighted by molar-refractivity contribution is -0.105. The zero-order chi connectivity index (χ0) is 11.3. The fraction of sp³-hybridized carbons (Fsp3) is 0.833. The Kier molecular flexibility index (Phi) is 4.33. The SMILES string of the molecule is CNCCn1nnnc1SCC(F)(F)F. The van der Waals surface area contributed by atoms with Crippen LogP contribution in [0, 0.1) is 0 Å². The molecule has 86 valence electrons. The van der Waals surface area contributed by atoms with E-state index in [4.69, 9.17) is 0 Å². The third-order valence-corrected chi connectivity index (χ3v) is 2.46. The number of nitrogens with zero attached hydrogens (tertiary/aromatic N) is 4. The van der Waals surface area contributed by atoms with E-state index in [0.717, 1.165) is 0 Å². The van der Waals surface area contributed by atoms with E-state index in [2.05, 4.69) is 20.8 Å². The molecule has 1 aromatic heterocycles. The van der Waals surface area contributed by atoms with Gasteiger partial charge in [0.05, 0.1) is 12.3 Å². The summed E-state index contributed by atoms with van der Waals surface area (Å²) in [6.45, 7) is 1.05. The second kappa shape index (κ2) is 5.31. The molecule has 0 fully saturated rings. The van der Waals surface area contributed by atoms with Crippen LogP contribution in [0.15, 0.2) is 5.16 Å². The van der Waals surface area contributed by atoms with Crippen molar-refractivity contribution in [1.29, 1.82) is 0 Å². The maximum absolute atomic E-state index is 11.9. The molecule has 0 aliphatic carbocycles. The smallest absolute Gasteiger partial charge is 0.318 e. The third-order valence-electron chi connectivity index (χ3n) is 1.44. The zero-order valence-corrected chi connectivity index (χ0v) is 8.77. The van der Waals surface area contributed by atoms with Crippen molar-refractivity contribution in [2.75, 3.05) is 19.3 Å². The predicted molar refractivity (Wildman–Crippen MR) is 48.5 cm³/mol. The Morgan fingerprint density at radius 2 is 2.20 bits per heavy atom. The molecule has 0 saturated heterocycles. The van der Waals surface area contributed by atoms with Crippen LogP contribution in [0.2, 0.25) is 0 Å². The second-order valence-corrected chi connectivity index (χ2v) is 3.63. The highest BCUT2D eigenvalue weighted by Crippen LogP contribution is 2.25. The van der Waals surface area contributed by atoms with E-state index in [1.807, 2.05) is 0 Å². The normalized spacial score (nSPS) is 12.0. The zero-order valence-electron chi connectivity index (χ0n) is 7.95. The summed E-state index contributed by atoms with van der Waals surface area (Å²) < 4.78 is 37.1. The highest BCUT2D eigenvalue weighted by atomic mass is 32.2. The van der Waals surface area contributed by atoms with Gasteiger partial charge in [-0.1, -0.05) is 11.8 Å².